The minimum atomic E-state index is -4.34. The Kier molecular flexibility index (Phi) is 18.4. The van der Waals surface area contributed by atoms with E-state index in [9.17, 15) is 13.2 Å². The molecule has 0 aliphatic heterocycles. The van der Waals surface area contributed by atoms with Gasteiger partial charge in [0, 0.05) is 14.2 Å². The third kappa shape index (κ3) is 7.97. The smallest absolute Gasteiger partial charge is 0.400 e. The number of halogens is 3. The first-order valence-electron chi connectivity index (χ1n) is 7.69. The van der Waals surface area contributed by atoms with Gasteiger partial charge in [-0.25, -0.2) is 0 Å². The van der Waals surface area contributed by atoms with Crippen LogP contribution in [0.5, 0.6) is 0 Å². The van der Waals surface area contributed by atoms with E-state index >= 15 is 0 Å². The van der Waals surface area contributed by atoms with Crippen LogP contribution in [0.3, 0.4) is 0 Å². The van der Waals surface area contributed by atoms with Gasteiger partial charge in [0.1, 0.15) is 5.41 Å². The lowest BCUT2D eigenvalue weighted by atomic mass is 9.75. The fourth-order valence-electron chi connectivity index (χ4n) is 2.04. The van der Waals surface area contributed by atoms with Crippen LogP contribution in [0, 0.1) is 0 Å². The van der Waals surface area contributed by atoms with Crippen LogP contribution in [-0.4, -0.2) is 44.7 Å². The molecular formula is C19H31F3N2O2. The summed E-state index contributed by atoms with van der Waals surface area (Å²) in [5.74, 6) is 0. The summed E-state index contributed by atoms with van der Waals surface area (Å²) in [4.78, 5) is 0. The molecule has 150 valence electrons. The van der Waals surface area contributed by atoms with Crippen LogP contribution >= 0.6 is 0 Å². The predicted molar refractivity (Wildman–Crippen MR) is 102 cm³/mol. The molecule has 0 saturated heterocycles. The summed E-state index contributed by atoms with van der Waals surface area (Å²) < 4.78 is 40.4. The Morgan fingerprint density at radius 1 is 0.615 bits per heavy atom. The molecule has 2 rings (SSSR count). The average Bonchev–Trinajstić information content (AvgIpc) is 2.74. The SMILES string of the molecule is CC(c1ccccc1)(c1ccccc1)C(F)(F)F.CN.CN.CO.CO. The lowest BCUT2D eigenvalue weighted by Crippen LogP contribution is -2.40. The number of alkyl halides is 3. The van der Waals surface area contributed by atoms with Crippen molar-refractivity contribution in [1.29, 1.82) is 0 Å². The molecule has 6 N–H and O–H groups in total. The highest BCUT2D eigenvalue weighted by Crippen LogP contribution is 2.45. The largest absolute Gasteiger partial charge is 0.402 e. The van der Waals surface area contributed by atoms with Gasteiger partial charge in [0.05, 0.1) is 0 Å². The molecule has 0 radical (unpaired) electrons. The van der Waals surface area contributed by atoms with Gasteiger partial charge < -0.3 is 21.7 Å². The quantitative estimate of drug-likeness (QED) is 0.648. The lowest BCUT2D eigenvalue weighted by Gasteiger charge is -2.33. The molecule has 0 aromatic heterocycles. The number of nitrogens with two attached hydrogens (primary N) is 2. The zero-order chi connectivity index (χ0) is 21.2. The number of benzene rings is 2. The average molecular weight is 376 g/mol. The van der Waals surface area contributed by atoms with E-state index in [1.165, 1.54) is 45.3 Å². The zero-order valence-corrected chi connectivity index (χ0v) is 16.0. The van der Waals surface area contributed by atoms with E-state index in [0.29, 0.717) is 0 Å². The highest BCUT2D eigenvalue weighted by atomic mass is 19.4. The fraction of sp³-hybridized carbons (Fsp3) is 0.368. The van der Waals surface area contributed by atoms with Crippen LogP contribution in [0.2, 0.25) is 0 Å². The van der Waals surface area contributed by atoms with Crippen LogP contribution in [0.15, 0.2) is 60.7 Å². The third-order valence-electron chi connectivity index (χ3n) is 3.27. The molecule has 0 unspecified atom stereocenters. The van der Waals surface area contributed by atoms with E-state index in [-0.39, 0.29) is 11.1 Å². The number of aliphatic hydroxyl groups excluding tert-OH is 2. The molecule has 2 aromatic carbocycles. The summed E-state index contributed by atoms with van der Waals surface area (Å²) in [5.41, 5.74) is 7.53. The Morgan fingerprint density at radius 3 is 1.04 bits per heavy atom. The molecule has 0 atom stereocenters. The van der Waals surface area contributed by atoms with E-state index in [1.807, 2.05) is 0 Å². The van der Waals surface area contributed by atoms with Gasteiger partial charge in [-0.2, -0.15) is 13.2 Å². The third-order valence-corrected chi connectivity index (χ3v) is 3.27. The Bertz CT molecular complexity index is 482. The van der Waals surface area contributed by atoms with Crippen molar-refractivity contribution < 1.29 is 23.4 Å². The maximum atomic E-state index is 13.5. The van der Waals surface area contributed by atoms with Crippen molar-refractivity contribution in [3.63, 3.8) is 0 Å². The normalized spacial score (nSPS) is 9.54. The monoisotopic (exact) mass is 376 g/mol. The number of hydrogen-bond acceptors (Lipinski definition) is 4. The van der Waals surface area contributed by atoms with Crippen LogP contribution < -0.4 is 11.5 Å². The summed E-state index contributed by atoms with van der Waals surface area (Å²) >= 11 is 0. The summed E-state index contributed by atoms with van der Waals surface area (Å²) in [6.45, 7) is 1.22. The van der Waals surface area contributed by atoms with E-state index in [2.05, 4.69) is 11.5 Å². The Labute approximate surface area is 154 Å². The Morgan fingerprint density at radius 2 is 0.846 bits per heavy atom. The second-order valence-electron chi connectivity index (χ2n) is 4.35. The molecule has 0 amide bonds. The first-order chi connectivity index (χ1) is 12.5. The Balaban J connectivity index is -0.000000585. The summed E-state index contributed by atoms with van der Waals surface area (Å²) in [7, 11) is 5.00. The molecule has 4 nitrogen and oxygen atoms in total. The fourth-order valence-corrected chi connectivity index (χ4v) is 2.04. The van der Waals surface area contributed by atoms with E-state index in [4.69, 9.17) is 10.2 Å². The zero-order valence-electron chi connectivity index (χ0n) is 16.0. The van der Waals surface area contributed by atoms with Gasteiger partial charge in [0.15, 0.2) is 0 Å². The molecule has 0 fully saturated rings. The van der Waals surface area contributed by atoms with E-state index in [1.54, 1.807) is 36.4 Å². The molecule has 0 saturated carbocycles. The van der Waals surface area contributed by atoms with Crippen LogP contribution in [-0.2, 0) is 5.41 Å². The molecule has 26 heavy (non-hydrogen) atoms. The van der Waals surface area contributed by atoms with Gasteiger partial charge in [-0.05, 0) is 32.1 Å². The van der Waals surface area contributed by atoms with Crippen molar-refractivity contribution in [3.05, 3.63) is 71.8 Å². The van der Waals surface area contributed by atoms with E-state index in [0.717, 1.165) is 14.2 Å². The highest BCUT2D eigenvalue weighted by molar-refractivity contribution is 5.40. The number of rotatable bonds is 2. The standard InChI is InChI=1S/C15H13F3.2CH5N.2CH4O/c1-14(15(16,17)18,12-8-4-2-5-9-12)13-10-6-3-7-11-13;4*1-2/h2-11H,1H3;2*2H2,1H3;2*2H,1H3. The minimum Gasteiger partial charge on any atom is -0.400 e. The highest BCUT2D eigenvalue weighted by Gasteiger charge is 2.53. The van der Waals surface area contributed by atoms with Gasteiger partial charge in [-0.1, -0.05) is 60.7 Å². The van der Waals surface area contributed by atoms with Crippen molar-refractivity contribution in [2.24, 2.45) is 11.5 Å². The first kappa shape index (κ1) is 28.9. The Hall–Kier alpha value is -1.93. The van der Waals surface area contributed by atoms with Crippen molar-refractivity contribution >= 4 is 0 Å². The second-order valence-corrected chi connectivity index (χ2v) is 4.35. The molecule has 7 heteroatoms. The van der Waals surface area contributed by atoms with E-state index < -0.39 is 11.6 Å². The molecule has 0 bridgehead atoms. The summed E-state index contributed by atoms with van der Waals surface area (Å²) in [6, 6.07) is 16.0. The number of aliphatic hydroxyl groups is 2. The van der Waals surface area contributed by atoms with Crippen molar-refractivity contribution in [2.45, 2.75) is 18.5 Å². The van der Waals surface area contributed by atoms with Gasteiger partial charge >= 0.3 is 6.18 Å². The van der Waals surface area contributed by atoms with Crippen LogP contribution in [0.1, 0.15) is 18.1 Å². The first-order valence-corrected chi connectivity index (χ1v) is 7.69. The maximum absolute atomic E-state index is 13.5. The maximum Gasteiger partial charge on any atom is 0.402 e. The predicted octanol–water partition coefficient (Wildman–Crippen LogP) is 2.92. The molecule has 0 heterocycles. The van der Waals surface area contributed by atoms with Gasteiger partial charge in [-0.15, -0.1) is 0 Å². The topological polar surface area (TPSA) is 92.5 Å². The lowest BCUT2D eigenvalue weighted by molar-refractivity contribution is -0.173. The van der Waals surface area contributed by atoms with Crippen molar-refractivity contribution in [2.75, 3.05) is 28.3 Å². The van der Waals surface area contributed by atoms with Crippen LogP contribution in [0.25, 0.3) is 0 Å². The summed E-state index contributed by atoms with van der Waals surface area (Å²) in [6.07, 6.45) is -4.34. The molecule has 0 aliphatic rings. The second kappa shape index (κ2) is 16.5. The van der Waals surface area contributed by atoms with Crippen molar-refractivity contribution in [1.82, 2.24) is 0 Å². The minimum absolute atomic E-state index is 0.253. The van der Waals surface area contributed by atoms with Crippen LogP contribution in [0.4, 0.5) is 13.2 Å². The van der Waals surface area contributed by atoms with Gasteiger partial charge in [-0.3, -0.25) is 0 Å². The molecular weight excluding hydrogens is 345 g/mol. The van der Waals surface area contributed by atoms with Gasteiger partial charge in [0.2, 0.25) is 0 Å². The van der Waals surface area contributed by atoms with Crippen molar-refractivity contribution in [3.8, 4) is 0 Å². The summed E-state index contributed by atoms with van der Waals surface area (Å²) in [5, 5.41) is 14.0. The molecule has 2 aromatic rings. The number of hydrogen-bond donors (Lipinski definition) is 4. The van der Waals surface area contributed by atoms with Gasteiger partial charge in [0.25, 0.3) is 0 Å². The molecule has 0 spiro atoms. The molecule has 0 aliphatic carbocycles.